The van der Waals surface area contributed by atoms with Crippen LogP contribution in [-0.2, 0) is 4.79 Å². The Morgan fingerprint density at radius 1 is 1.30 bits per heavy atom. The van der Waals surface area contributed by atoms with Crippen molar-refractivity contribution in [3.63, 3.8) is 0 Å². The number of nitrogens with zero attached hydrogens (tertiary/aromatic N) is 3. The Bertz CT molecular complexity index is 1100. The van der Waals surface area contributed by atoms with Crippen molar-refractivity contribution < 1.29 is 9.18 Å². The van der Waals surface area contributed by atoms with Crippen LogP contribution in [0.1, 0.15) is 17.0 Å². The van der Waals surface area contributed by atoms with E-state index in [0.29, 0.717) is 5.17 Å². The first kappa shape index (κ1) is 17.8. The van der Waals surface area contributed by atoms with Crippen molar-refractivity contribution in [3.05, 3.63) is 69.2 Å². The number of hydrogen-bond acceptors (Lipinski definition) is 3. The lowest BCUT2D eigenvalue weighted by molar-refractivity contribution is -0.114. The molecule has 2 aromatic rings. The van der Waals surface area contributed by atoms with Crippen LogP contribution in [0.25, 0.3) is 11.8 Å². The summed E-state index contributed by atoms with van der Waals surface area (Å²) < 4.78 is 15.4. The summed E-state index contributed by atoms with van der Waals surface area (Å²) in [5.41, 5.74) is 3.49. The lowest BCUT2D eigenvalue weighted by Gasteiger charge is -2.22. The van der Waals surface area contributed by atoms with E-state index in [2.05, 4.69) is 4.99 Å². The third kappa shape index (κ3) is 2.93. The number of carbonyl (C=O) groups is 1. The highest BCUT2D eigenvalue weighted by Gasteiger charge is 2.31. The van der Waals surface area contributed by atoms with Crippen LogP contribution in [0.2, 0.25) is 5.02 Å². The molecule has 1 aromatic heterocycles. The summed E-state index contributed by atoms with van der Waals surface area (Å²) >= 11 is 7.23. The highest BCUT2D eigenvalue weighted by molar-refractivity contribution is 8.16. The largest absolute Gasteiger partial charge is 0.318 e. The number of amides is 1. The number of halogens is 2. The van der Waals surface area contributed by atoms with E-state index >= 15 is 0 Å². The Morgan fingerprint density at radius 3 is 2.81 bits per heavy atom. The lowest BCUT2D eigenvalue weighted by atomic mass is 10.1. The van der Waals surface area contributed by atoms with E-state index in [0.717, 1.165) is 22.6 Å². The minimum absolute atomic E-state index is 0.0457. The number of amidine groups is 2. The van der Waals surface area contributed by atoms with Gasteiger partial charge in [-0.05, 0) is 55.2 Å². The summed E-state index contributed by atoms with van der Waals surface area (Å²) in [5, 5.41) is 10.7. The zero-order valence-corrected chi connectivity index (χ0v) is 16.0. The van der Waals surface area contributed by atoms with Crippen LogP contribution in [-0.4, -0.2) is 26.4 Å². The fraction of sp³-hybridized carbons (Fsp3) is 0.105. The van der Waals surface area contributed by atoms with Crippen LogP contribution >= 0.6 is 23.4 Å². The molecule has 0 saturated carbocycles. The molecule has 0 spiro atoms. The number of thioether (sulfide) groups is 1. The molecular weight excluding hydrogens is 387 g/mol. The predicted octanol–water partition coefficient (Wildman–Crippen LogP) is 4.66. The van der Waals surface area contributed by atoms with Gasteiger partial charge in [0, 0.05) is 23.3 Å². The van der Waals surface area contributed by atoms with E-state index in [4.69, 9.17) is 17.0 Å². The molecule has 1 aromatic carbocycles. The minimum atomic E-state index is -0.475. The Hall–Kier alpha value is -2.64. The number of aromatic nitrogens is 1. The summed E-state index contributed by atoms with van der Waals surface area (Å²) in [4.78, 5) is 18.0. The molecule has 5 nitrogen and oxygen atoms in total. The lowest BCUT2D eigenvalue weighted by Crippen LogP contribution is -2.35. The topological polar surface area (TPSA) is 61.5 Å². The fourth-order valence-corrected chi connectivity index (χ4v) is 4.02. The van der Waals surface area contributed by atoms with Gasteiger partial charge in [-0.15, -0.1) is 0 Å². The third-order valence-corrected chi connectivity index (χ3v) is 5.49. The zero-order chi connectivity index (χ0) is 19.3. The fourth-order valence-electron chi connectivity index (χ4n) is 3.14. The maximum Gasteiger partial charge on any atom is 0.283 e. The van der Waals surface area contributed by atoms with Gasteiger partial charge in [0.25, 0.3) is 5.91 Å². The van der Waals surface area contributed by atoms with Crippen LogP contribution in [0.15, 0.2) is 46.4 Å². The van der Waals surface area contributed by atoms with Crippen molar-refractivity contribution in [2.75, 3.05) is 0 Å². The SMILES string of the molecule is Cc1cc(/C=C2/C(=N)N3C=CSC3=NC2=O)c(C)n1-c1ccc(F)c(Cl)c1. The summed E-state index contributed by atoms with van der Waals surface area (Å²) in [6.07, 6.45) is 3.39. The van der Waals surface area contributed by atoms with Crippen molar-refractivity contribution in [2.45, 2.75) is 13.8 Å². The first-order chi connectivity index (χ1) is 12.9. The number of aliphatic imine (C=N–C) groups is 1. The van der Waals surface area contributed by atoms with Crippen LogP contribution < -0.4 is 0 Å². The highest BCUT2D eigenvalue weighted by Crippen LogP contribution is 2.29. The number of benzene rings is 1. The Labute approximate surface area is 164 Å². The van der Waals surface area contributed by atoms with Gasteiger partial charge >= 0.3 is 0 Å². The van der Waals surface area contributed by atoms with Crippen molar-refractivity contribution in [2.24, 2.45) is 4.99 Å². The maximum atomic E-state index is 13.5. The van der Waals surface area contributed by atoms with Gasteiger partial charge < -0.3 is 4.57 Å². The first-order valence-electron chi connectivity index (χ1n) is 8.07. The Balaban J connectivity index is 1.79. The van der Waals surface area contributed by atoms with E-state index in [-0.39, 0.29) is 16.4 Å². The predicted molar refractivity (Wildman–Crippen MR) is 107 cm³/mol. The number of aryl methyl sites for hydroxylation is 1. The van der Waals surface area contributed by atoms with Crippen LogP contribution in [0.4, 0.5) is 4.39 Å². The summed E-state index contributed by atoms with van der Waals surface area (Å²) in [5.74, 6) is -0.811. The molecule has 8 heteroatoms. The van der Waals surface area contributed by atoms with E-state index in [1.807, 2.05) is 24.5 Å². The molecule has 4 rings (SSSR count). The van der Waals surface area contributed by atoms with Gasteiger partial charge in [0.2, 0.25) is 0 Å². The quantitative estimate of drug-likeness (QED) is 0.745. The first-order valence-corrected chi connectivity index (χ1v) is 9.33. The van der Waals surface area contributed by atoms with Gasteiger partial charge in [0.1, 0.15) is 11.7 Å². The molecule has 0 saturated heterocycles. The molecule has 2 aliphatic rings. The molecule has 1 N–H and O–H groups in total. The second-order valence-electron chi connectivity index (χ2n) is 6.14. The number of nitrogens with one attached hydrogen (secondary N) is 1. The monoisotopic (exact) mass is 400 g/mol. The molecule has 136 valence electrons. The van der Waals surface area contributed by atoms with E-state index in [9.17, 15) is 9.18 Å². The van der Waals surface area contributed by atoms with Gasteiger partial charge in [-0.3, -0.25) is 15.1 Å². The third-order valence-electron chi connectivity index (χ3n) is 4.44. The maximum absolute atomic E-state index is 13.5. The second-order valence-corrected chi connectivity index (χ2v) is 7.42. The Kier molecular flexibility index (Phi) is 4.28. The summed E-state index contributed by atoms with van der Waals surface area (Å²) in [7, 11) is 0. The number of hydrogen-bond donors (Lipinski definition) is 1. The van der Waals surface area contributed by atoms with Crippen molar-refractivity contribution in [1.29, 1.82) is 5.41 Å². The number of carbonyl (C=O) groups excluding carboxylic acids is 1. The summed E-state index contributed by atoms with van der Waals surface area (Å²) in [6.45, 7) is 3.81. The van der Waals surface area contributed by atoms with Crippen LogP contribution in [0, 0.1) is 25.1 Å². The molecule has 0 aliphatic carbocycles. The molecule has 0 fully saturated rings. The second kappa shape index (κ2) is 6.51. The van der Waals surface area contributed by atoms with Crippen LogP contribution in [0.3, 0.4) is 0 Å². The smallest absolute Gasteiger partial charge is 0.283 e. The van der Waals surface area contributed by atoms with E-state index < -0.39 is 11.7 Å². The molecular formula is C19H14ClFN4OS. The van der Waals surface area contributed by atoms with Crippen LogP contribution in [0.5, 0.6) is 0 Å². The highest BCUT2D eigenvalue weighted by atomic mass is 35.5. The normalized spacial score (nSPS) is 17.7. The molecule has 27 heavy (non-hydrogen) atoms. The van der Waals surface area contributed by atoms with E-state index in [1.165, 1.54) is 17.8 Å². The molecule has 2 aliphatic heterocycles. The molecule has 3 heterocycles. The van der Waals surface area contributed by atoms with E-state index in [1.54, 1.807) is 34.7 Å². The number of fused-ring (bicyclic) bond motifs is 1. The van der Waals surface area contributed by atoms with Gasteiger partial charge in [-0.25, -0.2) is 4.39 Å². The van der Waals surface area contributed by atoms with Crippen molar-refractivity contribution in [1.82, 2.24) is 9.47 Å². The molecule has 1 amide bonds. The average Bonchev–Trinajstić information content (AvgIpc) is 3.19. The van der Waals surface area contributed by atoms with Gasteiger partial charge in [-0.1, -0.05) is 23.4 Å². The standard InChI is InChI=1S/C19H14ClFN4OS/c1-10-7-12(11(2)25(10)13-3-4-16(21)15(20)9-13)8-14-17(22)24-5-6-27-19(24)23-18(14)26/h3-9,22H,1-2H3/b14-8-,22-17?. The summed E-state index contributed by atoms with van der Waals surface area (Å²) in [6, 6.07) is 6.44. The minimum Gasteiger partial charge on any atom is -0.318 e. The molecule has 0 unspecified atom stereocenters. The average molecular weight is 401 g/mol. The zero-order valence-electron chi connectivity index (χ0n) is 14.5. The van der Waals surface area contributed by atoms with Crippen molar-refractivity contribution >= 4 is 46.3 Å². The van der Waals surface area contributed by atoms with Gasteiger partial charge in [0.05, 0.1) is 10.6 Å². The molecule has 0 bridgehead atoms. The molecule has 0 radical (unpaired) electrons. The van der Waals surface area contributed by atoms with Crippen molar-refractivity contribution in [3.8, 4) is 5.69 Å². The number of rotatable bonds is 2. The Morgan fingerprint density at radius 2 is 2.07 bits per heavy atom. The van der Waals surface area contributed by atoms with Gasteiger partial charge in [-0.2, -0.15) is 4.99 Å². The molecule has 0 atom stereocenters. The van der Waals surface area contributed by atoms with Gasteiger partial charge in [0.15, 0.2) is 5.17 Å².